The number of carbonyl (C=O) groups excluding carboxylic acids is 1. The fourth-order valence-electron chi connectivity index (χ4n) is 2.97. The molecule has 0 aromatic rings. The fourth-order valence-corrected chi connectivity index (χ4v) is 2.97. The normalized spacial score (nSPS) is 29.2. The van der Waals surface area contributed by atoms with E-state index in [9.17, 15) is 4.79 Å². The molecule has 0 radical (unpaired) electrons. The molecule has 0 bridgehead atoms. The zero-order chi connectivity index (χ0) is 13.1. The zero-order valence-corrected chi connectivity index (χ0v) is 13.2. The molecule has 0 saturated carbocycles. The van der Waals surface area contributed by atoms with E-state index in [1.807, 2.05) is 0 Å². The van der Waals surface area contributed by atoms with Crippen molar-refractivity contribution in [1.82, 2.24) is 15.1 Å². The van der Waals surface area contributed by atoms with Crippen molar-refractivity contribution in [2.45, 2.75) is 45.7 Å². The van der Waals surface area contributed by atoms with Crippen LogP contribution in [0.4, 0.5) is 0 Å². The molecule has 2 aliphatic rings. The van der Waals surface area contributed by atoms with Crippen molar-refractivity contribution in [2.75, 3.05) is 32.7 Å². The molecule has 1 amide bonds. The quantitative estimate of drug-likeness (QED) is 0.834. The van der Waals surface area contributed by atoms with Crippen molar-refractivity contribution in [3.63, 3.8) is 0 Å². The lowest BCUT2D eigenvalue weighted by molar-refractivity contribution is -0.136. The molecule has 2 rings (SSSR count). The lowest BCUT2D eigenvalue weighted by Gasteiger charge is -2.39. The van der Waals surface area contributed by atoms with E-state index in [0.29, 0.717) is 17.9 Å². The highest BCUT2D eigenvalue weighted by Crippen LogP contribution is 2.17. The van der Waals surface area contributed by atoms with Crippen LogP contribution in [0.3, 0.4) is 0 Å². The highest BCUT2D eigenvalue weighted by molar-refractivity contribution is 5.85. The third-order valence-corrected chi connectivity index (χ3v) is 4.32. The minimum absolute atomic E-state index is 0. The van der Waals surface area contributed by atoms with Gasteiger partial charge in [-0.05, 0) is 39.2 Å². The summed E-state index contributed by atoms with van der Waals surface area (Å²) in [5.41, 5.74) is 0. The number of piperazine rings is 1. The van der Waals surface area contributed by atoms with Crippen molar-refractivity contribution in [3.8, 4) is 0 Å². The van der Waals surface area contributed by atoms with Gasteiger partial charge in [0.25, 0.3) is 0 Å². The number of halogens is 1. The summed E-state index contributed by atoms with van der Waals surface area (Å²) in [4.78, 5) is 16.9. The van der Waals surface area contributed by atoms with Gasteiger partial charge in [0, 0.05) is 32.2 Å². The van der Waals surface area contributed by atoms with Crippen LogP contribution < -0.4 is 5.32 Å². The molecule has 2 aliphatic heterocycles. The van der Waals surface area contributed by atoms with Crippen molar-refractivity contribution in [3.05, 3.63) is 0 Å². The Bertz CT molecular complexity index is 290. The first-order chi connectivity index (χ1) is 8.58. The van der Waals surface area contributed by atoms with Crippen LogP contribution in [0, 0.1) is 5.92 Å². The Morgan fingerprint density at radius 1 is 1.21 bits per heavy atom. The largest absolute Gasteiger partial charge is 0.339 e. The van der Waals surface area contributed by atoms with Gasteiger partial charge >= 0.3 is 0 Å². The number of hydrogen-bond donors (Lipinski definition) is 1. The first-order valence-electron chi connectivity index (χ1n) is 7.34. The molecule has 19 heavy (non-hydrogen) atoms. The predicted octanol–water partition coefficient (Wildman–Crippen LogP) is 1.35. The Kier molecular flexibility index (Phi) is 6.57. The maximum Gasteiger partial charge on any atom is 0.239 e. The second-order valence-electron chi connectivity index (χ2n) is 6.09. The van der Waals surface area contributed by atoms with Crippen LogP contribution in [0.25, 0.3) is 0 Å². The Hall–Kier alpha value is -0.320. The topological polar surface area (TPSA) is 35.6 Å². The van der Waals surface area contributed by atoms with E-state index in [1.54, 1.807) is 0 Å². The molecule has 0 aromatic carbocycles. The van der Waals surface area contributed by atoms with Crippen LogP contribution >= 0.6 is 12.4 Å². The monoisotopic (exact) mass is 289 g/mol. The minimum Gasteiger partial charge on any atom is -0.339 e. The zero-order valence-electron chi connectivity index (χ0n) is 12.4. The first-order valence-corrected chi connectivity index (χ1v) is 7.34. The van der Waals surface area contributed by atoms with Crippen LogP contribution in [0.1, 0.15) is 33.6 Å². The van der Waals surface area contributed by atoms with Crippen molar-refractivity contribution in [1.29, 1.82) is 0 Å². The highest BCUT2D eigenvalue weighted by atomic mass is 35.5. The molecule has 2 saturated heterocycles. The van der Waals surface area contributed by atoms with Gasteiger partial charge in [-0.25, -0.2) is 0 Å². The lowest BCUT2D eigenvalue weighted by atomic mass is 9.93. The standard InChI is InChI=1S/C14H27N3O.ClH/c1-11(2)16-6-8-17(9-7-16)14(18)13-10-12(3)4-5-15-13;/h11-13,15H,4-10H2,1-3H3;1H. The summed E-state index contributed by atoms with van der Waals surface area (Å²) in [6, 6.07) is 0.662. The first kappa shape index (κ1) is 16.7. The highest BCUT2D eigenvalue weighted by Gasteiger charge is 2.30. The summed E-state index contributed by atoms with van der Waals surface area (Å²) in [5.74, 6) is 1.00. The van der Waals surface area contributed by atoms with E-state index in [0.717, 1.165) is 39.1 Å². The number of amides is 1. The SMILES string of the molecule is CC1CCNC(C(=O)N2CCN(C(C)C)CC2)C1.Cl. The third kappa shape index (κ3) is 4.33. The Labute approximate surface area is 123 Å². The van der Waals surface area contributed by atoms with Gasteiger partial charge in [0.1, 0.15) is 0 Å². The summed E-state index contributed by atoms with van der Waals surface area (Å²) < 4.78 is 0. The summed E-state index contributed by atoms with van der Waals surface area (Å²) >= 11 is 0. The van der Waals surface area contributed by atoms with E-state index >= 15 is 0 Å². The number of rotatable bonds is 2. The smallest absolute Gasteiger partial charge is 0.239 e. The maximum absolute atomic E-state index is 12.4. The maximum atomic E-state index is 12.4. The van der Waals surface area contributed by atoms with Crippen LogP contribution in [-0.4, -0.2) is 60.5 Å². The van der Waals surface area contributed by atoms with Crippen LogP contribution in [0.5, 0.6) is 0 Å². The van der Waals surface area contributed by atoms with E-state index in [-0.39, 0.29) is 18.4 Å². The van der Waals surface area contributed by atoms with Gasteiger partial charge in [-0.2, -0.15) is 0 Å². The van der Waals surface area contributed by atoms with Gasteiger partial charge in [0.15, 0.2) is 0 Å². The van der Waals surface area contributed by atoms with E-state index in [4.69, 9.17) is 0 Å². The number of hydrogen-bond acceptors (Lipinski definition) is 3. The lowest BCUT2D eigenvalue weighted by Crippen LogP contribution is -2.56. The fraction of sp³-hybridized carbons (Fsp3) is 0.929. The van der Waals surface area contributed by atoms with E-state index in [1.165, 1.54) is 6.42 Å². The molecule has 0 aromatic heterocycles. The Morgan fingerprint density at radius 2 is 1.84 bits per heavy atom. The van der Waals surface area contributed by atoms with Crippen molar-refractivity contribution >= 4 is 18.3 Å². The predicted molar refractivity (Wildman–Crippen MR) is 80.7 cm³/mol. The second kappa shape index (κ2) is 7.46. The Morgan fingerprint density at radius 3 is 2.37 bits per heavy atom. The van der Waals surface area contributed by atoms with Crippen LogP contribution in [-0.2, 0) is 4.79 Å². The van der Waals surface area contributed by atoms with Gasteiger partial charge in [0.05, 0.1) is 6.04 Å². The van der Waals surface area contributed by atoms with Crippen LogP contribution in [0.15, 0.2) is 0 Å². The van der Waals surface area contributed by atoms with Gasteiger partial charge in [-0.3, -0.25) is 9.69 Å². The average Bonchev–Trinajstić information content (AvgIpc) is 2.38. The molecule has 2 atom stereocenters. The van der Waals surface area contributed by atoms with Gasteiger partial charge < -0.3 is 10.2 Å². The summed E-state index contributed by atoms with van der Waals surface area (Å²) in [7, 11) is 0. The molecular formula is C14H28ClN3O. The second-order valence-corrected chi connectivity index (χ2v) is 6.09. The van der Waals surface area contributed by atoms with Crippen molar-refractivity contribution in [2.24, 2.45) is 5.92 Å². The van der Waals surface area contributed by atoms with Crippen LogP contribution in [0.2, 0.25) is 0 Å². The van der Waals surface area contributed by atoms with Gasteiger partial charge in [0.2, 0.25) is 5.91 Å². The number of nitrogens with one attached hydrogen (secondary N) is 1. The van der Waals surface area contributed by atoms with E-state index in [2.05, 4.69) is 35.9 Å². The molecule has 2 heterocycles. The summed E-state index contributed by atoms with van der Waals surface area (Å²) in [6.07, 6.45) is 2.20. The summed E-state index contributed by atoms with van der Waals surface area (Å²) in [5, 5.41) is 3.38. The molecule has 112 valence electrons. The molecular weight excluding hydrogens is 262 g/mol. The molecule has 2 unspecified atom stereocenters. The Balaban J connectivity index is 0.00000180. The molecule has 2 fully saturated rings. The molecule has 0 spiro atoms. The molecule has 0 aliphatic carbocycles. The van der Waals surface area contributed by atoms with E-state index < -0.39 is 0 Å². The number of nitrogens with zero attached hydrogens (tertiary/aromatic N) is 2. The van der Waals surface area contributed by atoms with Gasteiger partial charge in [-0.1, -0.05) is 6.92 Å². The van der Waals surface area contributed by atoms with Crippen molar-refractivity contribution < 1.29 is 4.79 Å². The number of piperidine rings is 1. The minimum atomic E-state index is 0. The molecule has 5 heteroatoms. The average molecular weight is 290 g/mol. The molecule has 4 nitrogen and oxygen atoms in total. The van der Waals surface area contributed by atoms with Gasteiger partial charge in [-0.15, -0.1) is 12.4 Å². The number of carbonyl (C=O) groups is 1. The third-order valence-electron chi connectivity index (χ3n) is 4.32. The molecule has 1 N–H and O–H groups in total. The summed E-state index contributed by atoms with van der Waals surface area (Å²) in [6.45, 7) is 11.5.